The summed E-state index contributed by atoms with van der Waals surface area (Å²) in [6, 6.07) is 12.2. The van der Waals surface area contributed by atoms with Gasteiger partial charge in [-0.25, -0.2) is 21.5 Å². The molecule has 2 rings (SSSR count). The van der Waals surface area contributed by atoms with Gasteiger partial charge in [0.1, 0.15) is 13.2 Å². The highest BCUT2D eigenvalue weighted by molar-refractivity contribution is 6.30. The molecule has 0 heterocycles. The quantitative estimate of drug-likeness (QED) is 0.252. The smallest absolute Gasteiger partial charge is 0.352 e. The number of hydrazine groups is 2. The summed E-state index contributed by atoms with van der Waals surface area (Å²) in [5.41, 5.74) is 3.06. The van der Waals surface area contributed by atoms with Crippen LogP contribution in [-0.4, -0.2) is 24.0 Å². The molecular formula is C19H24ClN5O3. The van der Waals surface area contributed by atoms with E-state index >= 15 is 0 Å². The van der Waals surface area contributed by atoms with E-state index in [1.807, 2.05) is 25.1 Å². The molecule has 0 spiro atoms. The first-order valence-corrected chi connectivity index (χ1v) is 8.87. The van der Waals surface area contributed by atoms with Crippen LogP contribution in [0.15, 0.2) is 47.6 Å². The number of oxime groups is 1. The van der Waals surface area contributed by atoms with Crippen LogP contribution in [0.5, 0.6) is 0 Å². The van der Waals surface area contributed by atoms with E-state index in [4.69, 9.17) is 32.9 Å². The Hall–Kier alpha value is -2.81. The number of anilines is 1. The van der Waals surface area contributed by atoms with Gasteiger partial charge in [-0.05, 0) is 36.2 Å². The van der Waals surface area contributed by atoms with Crippen LogP contribution in [0.1, 0.15) is 23.6 Å². The molecule has 28 heavy (non-hydrogen) atoms. The van der Waals surface area contributed by atoms with Crippen molar-refractivity contribution in [1.82, 2.24) is 5.01 Å². The minimum absolute atomic E-state index is 0.110. The predicted octanol–water partition coefficient (Wildman–Crippen LogP) is 3.32. The summed E-state index contributed by atoms with van der Waals surface area (Å²) in [5.74, 6) is 11.7. The van der Waals surface area contributed by atoms with Crippen LogP contribution < -0.4 is 16.7 Å². The summed E-state index contributed by atoms with van der Waals surface area (Å²) in [7, 11) is 1.42. The zero-order valence-electron chi connectivity index (χ0n) is 16.1. The number of hydrogen-bond donors (Lipinski definition) is 2. The van der Waals surface area contributed by atoms with Crippen molar-refractivity contribution in [1.29, 1.82) is 0 Å². The van der Waals surface area contributed by atoms with Gasteiger partial charge in [0.15, 0.2) is 0 Å². The molecule has 0 unspecified atom stereocenters. The standard InChI is InChI=1S/C19H24ClN5O3/c1-13-5-4-6-18(25(22)19(26)24(3)21)17(13)12-28-23-14(2)27-11-15-7-9-16(20)10-8-15/h4-10H,11-12,21-22H2,1-3H3. The maximum Gasteiger partial charge on any atom is 0.352 e. The fourth-order valence-electron chi connectivity index (χ4n) is 2.36. The third kappa shape index (κ3) is 5.85. The molecule has 2 amide bonds. The van der Waals surface area contributed by atoms with Crippen molar-refractivity contribution in [2.45, 2.75) is 27.1 Å². The second-order valence-corrected chi connectivity index (χ2v) is 6.57. The van der Waals surface area contributed by atoms with Gasteiger partial charge >= 0.3 is 6.03 Å². The van der Waals surface area contributed by atoms with Crippen molar-refractivity contribution in [3.05, 3.63) is 64.2 Å². The van der Waals surface area contributed by atoms with Gasteiger partial charge in [-0.2, -0.15) is 0 Å². The van der Waals surface area contributed by atoms with Crippen molar-refractivity contribution >= 4 is 29.2 Å². The lowest BCUT2D eigenvalue weighted by Gasteiger charge is -2.23. The Bertz CT molecular complexity index is 840. The number of aryl methyl sites for hydroxylation is 1. The maximum absolute atomic E-state index is 12.0. The Kier molecular flexibility index (Phi) is 7.62. The van der Waals surface area contributed by atoms with Gasteiger partial charge in [0, 0.05) is 24.6 Å². The third-order valence-corrected chi connectivity index (χ3v) is 4.17. The molecule has 8 nitrogen and oxygen atoms in total. The van der Waals surface area contributed by atoms with E-state index < -0.39 is 6.03 Å². The minimum atomic E-state index is -0.558. The molecule has 0 aliphatic rings. The molecule has 0 aromatic heterocycles. The van der Waals surface area contributed by atoms with Crippen molar-refractivity contribution in [3.63, 3.8) is 0 Å². The zero-order chi connectivity index (χ0) is 20.7. The largest absolute Gasteiger partial charge is 0.474 e. The fraction of sp³-hybridized carbons (Fsp3) is 0.263. The summed E-state index contributed by atoms with van der Waals surface area (Å²) in [4.78, 5) is 17.4. The number of amides is 2. The van der Waals surface area contributed by atoms with Gasteiger partial charge in [-0.3, -0.25) is 5.01 Å². The summed E-state index contributed by atoms with van der Waals surface area (Å²) in [6.45, 7) is 4.04. The summed E-state index contributed by atoms with van der Waals surface area (Å²) in [6.07, 6.45) is 0. The summed E-state index contributed by atoms with van der Waals surface area (Å²) in [5, 5.41) is 6.50. The van der Waals surface area contributed by atoms with Gasteiger partial charge in [-0.1, -0.05) is 41.0 Å². The van der Waals surface area contributed by atoms with Crippen molar-refractivity contribution in [2.75, 3.05) is 12.1 Å². The number of benzene rings is 2. The molecule has 4 N–H and O–H groups in total. The Morgan fingerprint density at radius 2 is 1.82 bits per heavy atom. The van der Waals surface area contributed by atoms with Gasteiger partial charge in [-0.15, -0.1) is 0 Å². The van der Waals surface area contributed by atoms with Crippen LogP contribution >= 0.6 is 11.6 Å². The first-order valence-electron chi connectivity index (χ1n) is 8.49. The topological polar surface area (TPSA) is 106 Å². The van der Waals surface area contributed by atoms with Crippen molar-refractivity contribution in [2.24, 2.45) is 16.8 Å². The van der Waals surface area contributed by atoms with Crippen LogP contribution in [0.2, 0.25) is 5.02 Å². The van der Waals surface area contributed by atoms with Crippen molar-refractivity contribution in [3.8, 4) is 0 Å². The normalized spacial score (nSPS) is 11.1. The van der Waals surface area contributed by atoms with Crippen LogP contribution in [-0.2, 0) is 22.8 Å². The first kappa shape index (κ1) is 21.5. The van der Waals surface area contributed by atoms with Crippen LogP contribution in [0.3, 0.4) is 0 Å². The average Bonchev–Trinajstić information content (AvgIpc) is 2.67. The highest BCUT2D eigenvalue weighted by atomic mass is 35.5. The van der Waals surface area contributed by atoms with E-state index in [1.54, 1.807) is 31.2 Å². The lowest BCUT2D eigenvalue weighted by molar-refractivity contribution is 0.117. The number of hydrogen-bond acceptors (Lipinski definition) is 6. The molecule has 9 heteroatoms. The molecule has 0 fully saturated rings. The number of rotatable bonds is 6. The predicted molar refractivity (Wildman–Crippen MR) is 109 cm³/mol. The Morgan fingerprint density at radius 3 is 2.46 bits per heavy atom. The SMILES string of the molecule is CC(=NOCc1c(C)cccc1N(N)C(=O)N(C)N)OCc1ccc(Cl)cc1. The van der Waals surface area contributed by atoms with Gasteiger partial charge in [0.25, 0.3) is 0 Å². The molecule has 0 saturated heterocycles. The van der Waals surface area contributed by atoms with Crippen LogP contribution in [0.25, 0.3) is 0 Å². The Morgan fingerprint density at radius 1 is 1.14 bits per heavy atom. The average molecular weight is 406 g/mol. The number of carbonyl (C=O) groups excluding carboxylic acids is 1. The lowest BCUT2D eigenvalue weighted by Crippen LogP contribution is -2.49. The molecule has 2 aromatic carbocycles. The molecule has 0 aliphatic heterocycles. The van der Waals surface area contributed by atoms with Gasteiger partial charge in [0.05, 0.1) is 5.69 Å². The van der Waals surface area contributed by atoms with E-state index in [9.17, 15) is 4.79 Å². The van der Waals surface area contributed by atoms with E-state index in [1.165, 1.54) is 7.05 Å². The van der Waals surface area contributed by atoms with E-state index in [-0.39, 0.29) is 6.61 Å². The lowest BCUT2D eigenvalue weighted by atomic mass is 10.1. The second kappa shape index (κ2) is 9.93. The third-order valence-electron chi connectivity index (χ3n) is 3.92. The van der Waals surface area contributed by atoms with E-state index in [0.29, 0.717) is 23.2 Å². The summed E-state index contributed by atoms with van der Waals surface area (Å²) < 4.78 is 5.55. The number of nitrogens with zero attached hydrogens (tertiary/aromatic N) is 3. The fourth-order valence-corrected chi connectivity index (χ4v) is 2.48. The highest BCUT2D eigenvalue weighted by Crippen LogP contribution is 2.23. The van der Waals surface area contributed by atoms with Gasteiger partial charge in [0.2, 0.25) is 5.90 Å². The van der Waals surface area contributed by atoms with Gasteiger partial charge < -0.3 is 9.57 Å². The number of halogens is 1. The Labute approximate surface area is 169 Å². The number of nitrogens with two attached hydrogens (primary N) is 2. The molecule has 0 bridgehead atoms. The zero-order valence-corrected chi connectivity index (χ0v) is 16.8. The van der Waals surface area contributed by atoms with E-state index in [2.05, 4.69) is 5.16 Å². The minimum Gasteiger partial charge on any atom is -0.474 e. The molecular weight excluding hydrogens is 382 g/mol. The monoisotopic (exact) mass is 405 g/mol. The molecule has 0 radical (unpaired) electrons. The molecule has 0 aliphatic carbocycles. The first-order chi connectivity index (χ1) is 13.3. The summed E-state index contributed by atoms with van der Waals surface area (Å²) >= 11 is 5.86. The number of urea groups is 1. The maximum atomic E-state index is 12.0. The second-order valence-electron chi connectivity index (χ2n) is 6.13. The van der Waals surface area contributed by atoms with E-state index in [0.717, 1.165) is 26.7 Å². The van der Waals surface area contributed by atoms with Crippen molar-refractivity contribution < 1.29 is 14.4 Å². The molecule has 150 valence electrons. The van der Waals surface area contributed by atoms with Crippen LogP contribution in [0, 0.1) is 6.92 Å². The Balaban J connectivity index is 2.00. The molecule has 0 saturated carbocycles. The highest BCUT2D eigenvalue weighted by Gasteiger charge is 2.18. The molecule has 0 atom stereocenters. The molecule has 2 aromatic rings. The number of ether oxygens (including phenoxy) is 1. The van der Waals surface area contributed by atoms with Crippen LogP contribution in [0.4, 0.5) is 10.5 Å². The number of carbonyl (C=O) groups is 1.